The van der Waals surface area contributed by atoms with Crippen LogP contribution in [0.2, 0.25) is 0 Å². The summed E-state index contributed by atoms with van der Waals surface area (Å²) in [4.78, 5) is -0.105. The Balaban J connectivity index is 2.15. The molecule has 3 rings (SSSR count). The lowest BCUT2D eigenvalue weighted by molar-refractivity contribution is 0.415. The summed E-state index contributed by atoms with van der Waals surface area (Å²) < 4.78 is 60.3. The van der Waals surface area contributed by atoms with Gasteiger partial charge in [-0.1, -0.05) is 30.3 Å². The van der Waals surface area contributed by atoms with Crippen molar-refractivity contribution in [2.24, 2.45) is 0 Å². The van der Waals surface area contributed by atoms with Gasteiger partial charge in [0.05, 0.1) is 24.2 Å². The number of para-hydroxylation sites is 2. The van der Waals surface area contributed by atoms with Crippen LogP contribution in [0.25, 0.3) is 0 Å². The molecule has 3 aromatic rings. The van der Waals surface area contributed by atoms with Gasteiger partial charge in [0, 0.05) is 5.56 Å². The van der Waals surface area contributed by atoms with Gasteiger partial charge in [0.1, 0.15) is 17.4 Å². The van der Waals surface area contributed by atoms with Gasteiger partial charge >= 0.3 is 0 Å². The van der Waals surface area contributed by atoms with E-state index in [0.717, 1.165) is 16.4 Å². The van der Waals surface area contributed by atoms with Crippen LogP contribution in [-0.2, 0) is 16.6 Å². The minimum atomic E-state index is -4.10. The van der Waals surface area contributed by atoms with Crippen molar-refractivity contribution in [3.63, 3.8) is 0 Å². The van der Waals surface area contributed by atoms with E-state index in [1.54, 1.807) is 30.3 Å². The summed E-state index contributed by atoms with van der Waals surface area (Å²) in [7, 11) is -2.68. The van der Waals surface area contributed by atoms with E-state index in [9.17, 15) is 17.2 Å². The van der Waals surface area contributed by atoms with Crippen LogP contribution in [0.15, 0.2) is 77.7 Å². The Morgan fingerprint density at radius 2 is 1.52 bits per heavy atom. The Morgan fingerprint density at radius 3 is 2.19 bits per heavy atom. The Kier molecular flexibility index (Phi) is 5.41. The van der Waals surface area contributed by atoms with E-state index in [1.165, 1.54) is 37.4 Å². The van der Waals surface area contributed by atoms with E-state index in [0.29, 0.717) is 5.75 Å². The van der Waals surface area contributed by atoms with Crippen molar-refractivity contribution in [2.45, 2.75) is 11.4 Å². The molecule has 0 atom stereocenters. The summed E-state index contributed by atoms with van der Waals surface area (Å²) in [5.41, 5.74) is 0.460. The van der Waals surface area contributed by atoms with Crippen LogP contribution < -0.4 is 9.04 Å². The highest BCUT2D eigenvalue weighted by Gasteiger charge is 2.28. The number of sulfonamides is 1. The highest BCUT2D eigenvalue weighted by atomic mass is 32.2. The van der Waals surface area contributed by atoms with Crippen LogP contribution in [0.1, 0.15) is 5.56 Å². The first-order chi connectivity index (χ1) is 12.9. The maximum atomic E-state index is 14.2. The number of anilines is 1. The van der Waals surface area contributed by atoms with Gasteiger partial charge in [-0.3, -0.25) is 4.31 Å². The molecule has 140 valence electrons. The van der Waals surface area contributed by atoms with E-state index in [4.69, 9.17) is 4.74 Å². The zero-order valence-corrected chi connectivity index (χ0v) is 15.3. The highest BCUT2D eigenvalue weighted by molar-refractivity contribution is 7.92. The smallest absolute Gasteiger partial charge is 0.264 e. The zero-order valence-electron chi connectivity index (χ0n) is 14.5. The first-order valence-electron chi connectivity index (χ1n) is 8.08. The van der Waals surface area contributed by atoms with Gasteiger partial charge in [-0.25, -0.2) is 17.2 Å². The molecule has 0 amide bonds. The van der Waals surface area contributed by atoms with Crippen LogP contribution in [-0.4, -0.2) is 15.5 Å². The van der Waals surface area contributed by atoms with E-state index < -0.39 is 21.7 Å². The lowest BCUT2D eigenvalue weighted by Crippen LogP contribution is -2.31. The predicted octanol–water partition coefficient (Wildman–Crippen LogP) is 4.37. The fraction of sp³-hybridized carbons (Fsp3) is 0.100. The van der Waals surface area contributed by atoms with Gasteiger partial charge in [-0.05, 0) is 42.5 Å². The molecule has 0 spiro atoms. The van der Waals surface area contributed by atoms with Crippen LogP contribution >= 0.6 is 0 Å². The largest absolute Gasteiger partial charge is 0.495 e. The highest BCUT2D eigenvalue weighted by Crippen LogP contribution is 2.34. The number of benzene rings is 3. The predicted molar refractivity (Wildman–Crippen MR) is 99.2 cm³/mol. The van der Waals surface area contributed by atoms with Gasteiger partial charge in [0.15, 0.2) is 0 Å². The van der Waals surface area contributed by atoms with E-state index in [2.05, 4.69) is 0 Å². The Morgan fingerprint density at radius 1 is 0.889 bits per heavy atom. The number of hydrogen-bond donors (Lipinski definition) is 0. The second kappa shape index (κ2) is 7.75. The molecule has 0 radical (unpaired) electrons. The summed E-state index contributed by atoms with van der Waals surface area (Å²) in [6.45, 7) is -0.243. The second-order valence-corrected chi connectivity index (χ2v) is 7.59. The van der Waals surface area contributed by atoms with Crippen LogP contribution in [0.3, 0.4) is 0 Å². The van der Waals surface area contributed by atoms with E-state index in [-0.39, 0.29) is 22.7 Å². The van der Waals surface area contributed by atoms with Crippen molar-refractivity contribution < 1.29 is 21.9 Å². The van der Waals surface area contributed by atoms with Crippen LogP contribution in [0.4, 0.5) is 14.5 Å². The van der Waals surface area contributed by atoms with Crippen molar-refractivity contribution in [1.29, 1.82) is 0 Å². The standard InChI is InChI=1S/C20H17F2NO3S/c1-26-20-9-5-4-8-19(20)23(14-15-6-2-3-7-18(15)22)27(24,25)17-12-10-16(21)11-13-17/h2-13H,14H2,1H3. The molecule has 0 N–H and O–H groups in total. The number of nitrogens with zero attached hydrogens (tertiary/aromatic N) is 1. The molecule has 0 saturated carbocycles. The minimum absolute atomic E-state index is 0.105. The number of ether oxygens (including phenoxy) is 1. The monoisotopic (exact) mass is 389 g/mol. The van der Waals surface area contributed by atoms with Crippen molar-refractivity contribution in [3.8, 4) is 5.75 Å². The molecule has 0 aromatic heterocycles. The zero-order chi connectivity index (χ0) is 19.4. The second-order valence-electron chi connectivity index (χ2n) is 5.73. The maximum Gasteiger partial charge on any atom is 0.264 e. The third-order valence-corrected chi connectivity index (χ3v) is 5.80. The molecule has 0 aliphatic heterocycles. The summed E-state index contributed by atoms with van der Waals surface area (Å²) in [6, 6.07) is 17.0. The summed E-state index contributed by atoms with van der Waals surface area (Å²) in [5, 5.41) is 0. The van der Waals surface area contributed by atoms with Gasteiger partial charge in [0.25, 0.3) is 10.0 Å². The van der Waals surface area contributed by atoms with Crippen molar-refractivity contribution in [3.05, 3.63) is 90.0 Å². The van der Waals surface area contributed by atoms with E-state index in [1.807, 2.05) is 0 Å². The Bertz CT molecular complexity index is 1040. The molecule has 0 fully saturated rings. The normalized spacial score (nSPS) is 11.2. The molecule has 0 bridgehead atoms. The molecule has 0 unspecified atom stereocenters. The van der Waals surface area contributed by atoms with Gasteiger partial charge in [0.2, 0.25) is 0 Å². The third kappa shape index (κ3) is 3.93. The SMILES string of the molecule is COc1ccccc1N(Cc1ccccc1F)S(=O)(=O)c1ccc(F)cc1. The van der Waals surface area contributed by atoms with Gasteiger partial charge < -0.3 is 4.74 Å². The summed E-state index contributed by atoms with van der Waals surface area (Å²) in [5.74, 6) is -0.752. The first-order valence-corrected chi connectivity index (χ1v) is 9.52. The Labute approximate surface area is 156 Å². The molecule has 0 aliphatic rings. The molecule has 0 saturated heterocycles. The molecule has 27 heavy (non-hydrogen) atoms. The number of methoxy groups -OCH3 is 1. The van der Waals surface area contributed by atoms with Crippen molar-refractivity contribution in [2.75, 3.05) is 11.4 Å². The molecular weight excluding hydrogens is 372 g/mol. The van der Waals surface area contributed by atoms with Crippen LogP contribution in [0, 0.1) is 11.6 Å². The molecule has 4 nitrogen and oxygen atoms in total. The van der Waals surface area contributed by atoms with Crippen molar-refractivity contribution in [1.82, 2.24) is 0 Å². The average Bonchev–Trinajstić information content (AvgIpc) is 2.67. The molecule has 7 heteroatoms. The number of halogens is 2. The summed E-state index contributed by atoms with van der Waals surface area (Å²) >= 11 is 0. The number of hydrogen-bond acceptors (Lipinski definition) is 3. The topological polar surface area (TPSA) is 46.6 Å². The maximum absolute atomic E-state index is 14.2. The van der Waals surface area contributed by atoms with Gasteiger partial charge in [-0.15, -0.1) is 0 Å². The third-order valence-electron chi connectivity index (χ3n) is 4.03. The van der Waals surface area contributed by atoms with Crippen molar-refractivity contribution >= 4 is 15.7 Å². The first kappa shape index (κ1) is 18.8. The molecule has 0 heterocycles. The fourth-order valence-corrected chi connectivity index (χ4v) is 4.10. The molecule has 3 aromatic carbocycles. The number of rotatable bonds is 6. The Hall–Kier alpha value is -2.93. The molecular formula is C20H17F2NO3S. The minimum Gasteiger partial charge on any atom is -0.495 e. The van der Waals surface area contributed by atoms with E-state index >= 15 is 0 Å². The lowest BCUT2D eigenvalue weighted by atomic mass is 10.2. The van der Waals surface area contributed by atoms with Gasteiger partial charge in [-0.2, -0.15) is 0 Å². The lowest BCUT2D eigenvalue weighted by Gasteiger charge is -2.26. The average molecular weight is 389 g/mol. The fourth-order valence-electron chi connectivity index (χ4n) is 2.65. The van der Waals surface area contributed by atoms with Crippen LogP contribution in [0.5, 0.6) is 5.75 Å². The summed E-state index contributed by atoms with van der Waals surface area (Å²) in [6.07, 6.45) is 0. The molecule has 0 aliphatic carbocycles. The quantitative estimate of drug-likeness (QED) is 0.629.